The van der Waals surface area contributed by atoms with Crippen LogP contribution >= 0.6 is 0 Å². The van der Waals surface area contributed by atoms with Gasteiger partial charge in [-0.3, -0.25) is 4.90 Å². The van der Waals surface area contributed by atoms with Crippen LogP contribution in [-0.2, 0) is 9.53 Å². The van der Waals surface area contributed by atoms with Crippen molar-refractivity contribution in [3.05, 3.63) is 0 Å². The molecule has 1 unspecified atom stereocenters. The number of aliphatic carboxylic acids is 1. The fraction of sp³-hybridized carbons (Fsp3) is 0.714. The maximum Gasteiger partial charge on any atom is 0.410 e. The van der Waals surface area contributed by atoms with Crippen LogP contribution in [0.1, 0.15) is 6.42 Å². The second-order valence-electron chi connectivity index (χ2n) is 2.99. The standard InChI is InChI=1S/C7H8F3NO4/c8-7(9,10)1-2-11-4(5(12)13)3-15-6(11)14/h4H,1-3H2,(H,12,13). The van der Waals surface area contributed by atoms with Crippen molar-refractivity contribution in [1.82, 2.24) is 4.90 Å². The Kier molecular flexibility index (Phi) is 3.06. The minimum Gasteiger partial charge on any atom is -0.480 e. The summed E-state index contributed by atoms with van der Waals surface area (Å²) < 4.78 is 39.9. The molecule has 86 valence electrons. The lowest BCUT2D eigenvalue weighted by Gasteiger charge is -2.18. The lowest BCUT2D eigenvalue weighted by molar-refractivity contribution is -0.146. The van der Waals surface area contributed by atoms with Crippen molar-refractivity contribution in [3.8, 4) is 0 Å². The van der Waals surface area contributed by atoms with E-state index < -0.39 is 43.9 Å². The summed E-state index contributed by atoms with van der Waals surface area (Å²) in [6.07, 6.45) is -6.69. The van der Waals surface area contributed by atoms with Crippen molar-refractivity contribution in [2.24, 2.45) is 0 Å². The fourth-order valence-electron chi connectivity index (χ4n) is 1.15. The van der Waals surface area contributed by atoms with Crippen molar-refractivity contribution in [1.29, 1.82) is 0 Å². The smallest absolute Gasteiger partial charge is 0.410 e. The summed E-state index contributed by atoms with van der Waals surface area (Å²) in [5, 5.41) is 8.58. The molecule has 0 saturated carbocycles. The van der Waals surface area contributed by atoms with Gasteiger partial charge in [0.2, 0.25) is 0 Å². The number of hydrogen-bond donors (Lipinski definition) is 1. The molecule has 0 radical (unpaired) electrons. The highest BCUT2D eigenvalue weighted by Gasteiger charge is 2.40. The summed E-state index contributed by atoms with van der Waals surface area (Å²) >= 11 is 0. The second kappa shape index (κ2) is 3.95. The van der Waals surface area contributed by atoms with Gasteiger partial charge in [-0.25, -0.2) is 9.59 Å². The van der Waals surface area contributed by atoms with Crippen molar-refractivity contribution < 1.29 is 32.6 Å². The molecule has 8 heteroatoms. The molecule has 0 bridgehead atoms. The lowest BCUT2D eigenvalue weighted by Crippen LogP contribution is -2.41. The third kappa shape index (κ3) is 3.00. The first kappa shape index (κ1) is 11.6. The van der Waals surface area contributed by atoms with Gasteiger partial charge in [0.15, 0.2) is 6.04 Å². The van der Waals surface area contributed by atoms with E-state index in [-0.39, 0.29) is 0 Å². The van der Waals surface area contributed by atoms with Crippen LogP contribution in [0, 0.1) is 0 Å². The minimum absolute atomic E-state index is 0.411. The summed E-state index contributed by atoms with van der Waals surface area (Å²) in [6, 6.07) is -1.32. The molecular weight excluding hydrogens is 219 g/mol. The van der Waals surface area contributed by atoms with E-state index in [2.05, 4.69) is 4.74 Å². The van der Waals surface area contributed by atoms with Gasteiger partial charge in [0.25, 0.3) is 0 Å². The summed E-state index contributed by atoms with van der Waals surface area (Å²) in [6.45, 7) is -1.11. The molecule has 15 heavy (non-hydrogen) atoms. The van der Waals surface area contributed by atoms with Gasteiger partial charge in [-0.05, 0) is 0 Å². The molecule has 1 amide bonds. The summed E-state index contributed by atoms with van der Waals surface area (Å²) in [5.74, 6) is -1.37. The number of hydrogen-bond acceptors (Lipinski definition) is 3. The molecule has 1 aliphatic rings. The molecule has 1 heterocycles. The lowest BCUT2D eigenvalue weighted by atomic mass is 10.2. The van der Waals surface area contributed by atoms with Crippen LogP contribution in [0.15, 0.2) is 0 Å². The Bertz CT molecular complexity index is 278. The number of nitrogens with zero attached hydrogens (tertiary/aromatic N) is 1. The van der Waals surface area contributed by atoms with E-state index >= 15 is 0 Å². The first-order valence-corrected chi connectivity index (χ1v) is 4.04. The van der Waals surface area contributed by atoms with Crippen molar-refractivity contribution >= 4 is 12.1 Å². The van der Waals surface area contributed by atoms with Gasteiger partial charge in [0.05, 0.1) is 6.42 Å². The molecule has 0 aromatic heterocycles. The van der Waals surface area contributed by atoms with Crippen LogP contribution < -0.4 is 0 Å². The van der Waals surface area contributed by atoms with Crippen LogP contribution in [0.4, 0.5) is 18.0 Å². The Labute approximate surface area is 82.4 Å². The number of rotatable bonds is 3. The SMILES string of the molecule is O=C(O)C1COC(=O)N1CCC(F)(F)F. The molecule has 1 rings (SSSR count). The zero-order valence-corrected chi connectivity index (χ0v) is 7.45. The Hall–Kier alpha value is -1.47. The minimum atomic E-state index is -4.42. The van der Waals surface area contributed by atoms with Crippen LogP contribution in [0.5, 0.6) is 0 Å². The first-order valence-electron chi connectivity index (χ1n) is 4.04. The van der Waals surface area contributed by atoms with E-state index in [9.17, 15) is 22.8 Å². The zero-order chi connectivity index (χ0) is 11.6. The van der Waals surface area contributed by atoms with E-state index in [1.165, 1.54) is 0 Å². The van der Waals surface area contributed by atoms with Crippen LogP contribution in [0.2, 0.25) is 0 Å². The predicted octanol–water partition coefficient (Wildman–Crippen LogP) is 0.844. The van der Waals surface area contributed by atoms with E-state index in [1.54, 1.807) is 0 Å². The summed E-state index contributed by atoms with van der Waals surface area (Å²) in [5.41, 5.74) is 0. The van der Waals surface area contributed by atoms with Gasteiger partial charge >= 0.3 is 18.2 Å². The molecule has 1 aliphatic heterocycles. The van der Waals surface area contributed by atoms with E-state index in [0.29, 0.717) is 4.90 Å². The fourth-order valence-corrected chi connectivity index (χ4v) is 1.15. The molecule has 1 fully saturated rings. The molecular formula is C7H8F3NO4. The quantitative estimate of drug-likeness (QED) is 0.775. The van der Waals surface area contributed by atoms with Crippen LogP contribution in [0.25, 0.3) is 0 Å². The average Bonchev–Trinajstić information content (AvgIpc) is 2.42. The number of amides is 1. The highest BCUT2D eigenvalue weighted by Crippen LogP contribution is 2.22. The number of alkyl halides is 3. The van der Waals surface area contributed by atoms with Crippen molar-refractivity contribution in [2.45, 2.75) is 18.6 Å². The Morgan fingerprint density at radius 1 is 1.60 bits per heavy atom. The number of carboxylic acid groups (broad SMARTS) is 1. The molecule has 0 aromatic carbocycles. The molecule has 1 atom stereocenters. The number of ether oxygens (including phenoxy) is 1. The Balaban J connectivity index is 2.58. The van der Waals surface area contributed by atoms with Gasteiger partial charge < -0.3 is 9.84 Å². The second-order valence-corrected chi connectivity index (χ2v) is 2.99. The average molecular weight is 227 g/mol. The zero-order valence-electron chi connectivity index (χ0n) is 7.45. The number of halogens is 3. The number of carbonyl (C=O) groups excluding carboxylic acids is 1. The predicted molar refractivity (Wildman–Crippen MR) is 40.1 cm³/mol. The highest BCUT2D eigenvalue weighted by molar-refractivity contribution is 5.82. The monoisotopic (exact) mass is 227 g/mol. The highest BCUT2D eigenvalue weighted by atomic mass is 19.4. The Morgan fingerprint density at radius 3 is 2.67 bits per heavy atom. The molecule has 1 N–H and O–H groups in total. The van der Waals surface area contributed by atoms with E-state index in [0.717, 1.165) is 0 Å². The van der Waals surface area contributed by atoms with Crippen molar-refractivity contribution in [2.75, 3.05) is 13.2 Å². The summed E-state index contributed by atoms with van der Waals surface area (Å²) in [4.78, 5) is 22.0. The third-order valence-electron chi connectivity index (χ3n) is 1.90. The normalized spacial score (nSPS) is 21.7. The van der Waals surface area contributed by atoms with Gasteiger partial charge in [-0.1, -0.05) is 0 Å². The first-order chi connectivity index (χ1) is 6.81. The topological polar surface area (TPSA) is 66.8 Å². The van der Waals surface area contributed by atoms with Crippen LogP contribution in [-0.4, -0.2) is 47.4 Å². The largest absolute Gasteiger partial charge is 0.480 e. The van der Waals surface area contributed by atoms with Crippen LogP contribution in [0.3, 0.4) is 0 Å². The van der Waals surface area contributed by atoms with E-state index in [4.69, 9.17) is 5.11 Å². The van der Waals surface area contributed by atoms with Gasteiger partial charge in [-0.2, -0.15) is 13.2 Å². The maximum absolute atomic E-state index is 11.8. The molecule has 0 aromatic rings. The molecule has 0 spiro atoms. The van der Waals surface area contributed by atoms with Gasteiger partial charge in [0.1, 0.15) is 6.61 Å². The number of cyclic esters (lactones) is 1. The molecule has 1 saturated heterocycles. The maximum atomic E-state index is 11.8. The van der Waals surface area contributed by atoms with E-state index in [1.807, 2.05) is 0 Å². The Morgan fingerprint density at radius 2 is 2.20 bits per heavy atom. The molecule has 5 nitrogen and oxygen atoms in total. The van der Waals surface area contributed by atoms with Crippen molar-refractivity contribution in [3.63, 3.8) is 0 Å². The van der Waals surface area contributed by atoms with Gasteiger partial charge in [0, 0.05) is 6.54 Å². The van der Waals surface area contributed by atoms with Gasteiger partial charge in [-0.15, -0.1) is 0 Å². The molecule has 0 aliphatic carbocycles. The number of carbonyl (C=O) groups is 2. The third-order valence-corrected chi connectivity index (χ3v) is 1.90. The number of carboxylic acids is 1. The summed E-state index contributed by atoms with van der Waals surface area (Å²) in [7, 11) is 0.